The van der Waals surface area contributed by atoms with E-state index < -0.39 is 0 Å². The molecule has 0 aliphatic heterocycles. The molecule has 13 heavy (non-hydrogen) atoms. The Kier molecular flexibility index (Phi) is 3.31. The summed E-state index contributed by atoms with van der Waals surface area (Å²) in [4.78, 5) is 0. The Hall–Kier alpha value is -1.51. The normalized spacial score (nSPS) is 9.62. The summed E-state index contributed by atoms with van der Waals surface area (Å²) in [7, 11) is 0. The zero-order valence-electron chi connectivity index (χ0n) is 7.71. The van der Waals surface area contributed by atoms with Gasteiger partial charge >= 0.3 is 0 Å². The second-order valence-corrected chi connectivity index (χ2v) is 2.77. The third-order valence-corrected chi connectivity index (χ3v) is 1.66. The topological polar surface area (TPSA) is 59.1 Å². The van der Waals surface area contributed by atoms with E-state index in [1.807, 2.05) is 31.2 Å². The first-order valence-corrected chi connectivity index (χ1v) is 4.27. The molecule has 0 heterocycles. The average Bonchev–Trinajstić information content (AvgIpc) is 2.09. The Morgan fingerprint density at radius 2 is 2.00 bits per heavy atom. The van der Waals surface area contributed by atoms with E-state index in [1.54, 1.807) is 0 Å². The number of ether oxygens (including phenoxy) is 1. The number of hydrogen-bond donors (Lipinski definition) is 2. The summed E-state index contributed by atoms with van der Waals surface area (Å²) in [6.45, 7) is 2.42. The maximum Gasteiger partial charge on any atom is 0.184 e. The van der Waals surface area contributed by atoms with Crippen LogP contribution in [0.3, 0.4) is 0 Å². The molecule has 0 amide bonds. The van der Waals surface area contributed by atoms with Crippen LogP contribution in [0.25, 0.3) is 0 Å². The highest BCUT2D eigenvalue weighted by Crippen LogP contribution is 2.06. The standard InChI is InChI=1S/C10H14N2O/c1-2-13-10(12)7-8-3-5-9(11)6-4-8/h3-6,12H,2,7,11H2,1H3. The minimum absolute atomic E-state index is 0.298. The number of nitrogen functional groups attached to an aromatic ring is 1. The lowest BCUT2D eigenvalue weighted by Crippen LogP contribution is -2.06. The maximum absolute atomic E-state index is 7.43. The molecular weight excluding hydrogens is 164 g/mol. The molecule has 0 aromatic heterocycles. The summed E-state index contributed by atoms with van der Waals surface area (Å²) in [5, 5.41) is 7.43. The van der Waals surface area contributed by atoms with Gasteiger partial charge < -0.3 is 10.5 Å². The molecule has 1 aromatic carbocycles. The molecular formula is C10H14N2O. The van der Waals surface area contributed by atoms with Gasteiger partial charge in [-0.2, -0.15) is 0 Å². The minimum atomic E-state index is 0.298. The largest absolute Gasteiger partial charge is 0.481 e. The highest BCUT2D eigenvalue weighted by Gasteiger charge is 1.98. The van der Waals surface area contributed by atoms with Gasteiger partial charge in [0.1, 0.15) is 0 Å². The van der Waals surface area contributed by atoms with Crippen LogP contribution in [-0.2, 0) is 11.2 Å². The van der Waals surface area contributed by atoms with E-state index in [4.69, 9.17) is 15.9 Å². The van der Waals surface area contributed by atoms with Crippen LogP contribution < -0.4 is 5.73 Å². The van der Waals surface area contributed by atoms with E-state index in [2.05, 4.69) is 0 Å². The Morgan fingerprint density at radius 3 is 2.54 bits per heavy atom. The van der Waals surface area contributed by atoms with Gasteiger partial charge in [0.15, 0.2) is 5.90 Å². The van der Waals surface area contributed by atoms with Gasteiger partial charge in [-0.05, 0) is 24.6 Å². The summed E-state index contributed by atoms with van der Waals surface area (Å²) >= 11 is 0. The van der Waals surface area contributed by atoms with Crippen molar-refractivity contribution in [1.29, 1.82) is 5.41 Å². The first kappa shape index (κ1) is 9.58. The second-order valence-electron chi connectivity index (χ2n) is 2.77. The van der Waals surface area contributed by atoms with Crippen LogP contribution in [-0.4, -0.2) is 12.5 Å². The predicted octanol–water partition coefficient (Wildman–Crippen LogP) is 1.83. The van der Waals surface area contributed by atoms with E-state index in [9.17, 15) is 0 Å². The highest BCUT2D eigenvalue weighted by atomic mass is 16.5. The molecule has 0 aliphatic carbocycles. The van der Waals surface area contributed by atoms with Crippen molar-refractivity contribution in [2.24, 2.45) is 0 Å². The Labute approximate surface area is 78.0 Å². The lowest BCUT2D eigenvalue weighted by Gasteiger charge is -2.04. The van der Waals surface area contributed by atoms with Gasteiger partial charge in [0.2, 0.25) is 0 Å². The molecule has 3 heteroatoms. The number of nitrogens with one attached hydrogen (secondary N) is 1. The van der Waals surface area contributed by atoms with Crippen molar-refractivity contribution in [3.8, 4) is 0 Å². The summed E-state index contributed by atoms with van der Waals surface area (Å²) in [6.07, 6.45) is 0.536. The smallest absolute Gasteiger partial charge is 0.184 e. The molecule has 0 aliphatic rings. The van der Waals surface area contributed by atoms with E-state index in [0.717, 1.165) is 11.3 Å². The predicted molar refractivity (Wildman–Crippen MR) is 53.9 cm³/mol. The third-order valence-electron chi connectivity index (χ3n) is 1.66. The van der Waals surface area contributed by atoms with Gasteiger partial charge in [-0.3, -0.25) is 5.41 Å². The molecule has 0 unspecified atom stereocenters. The molecule has 0 atom stereocenters. The SMILES string of the molecule is CCOC(=N)Cc1ccc(N)cc1. The van der Waals surface area contributed by atoms with Crippen LogP contribution in [0.1, 0.15) is 12.5 Å². The van der Waals surface area contributed by atoms with Gasteiger partial charge in [-0.1, -0.05) is 12.1 Å². The molecule has 3 nitrogen and oxygen atoms in total. The lowest BCUT2D eigenvalue weighted by atomic mass is 10.1. The molecule has 3 N–H and O–H groups in total. The molecule has 0 fully saturated rings. The summed E-state index contributed by atoms with van der Waals surface area (Å²) < 4.78 is 5.03. The van der Waals surface area contributed by atoms with Crippen molar-refractivity contribution < 1.29 is 4.74 Å². The maximum atomic E-state index is 7.43. The van der Waals surface area contributed by atoms with Gasteiger partial charge in [0.25, 0.3) is 0 Å². The Morgan fingerprint density at radius 1 is 1.38 bits per heavy atom. The number of hydrogen-bond acceptors (Lipinski definition) is 3. The number of rotatable bonds is 3. The molecule has 1 aromatic rings. The van der Waals surface area contributed by atoms with E-state index >= 15 is 0 Å². The fraction of sp³-hybridized carbons (Fsp3) is 0.300. The van der Waals surface area contributed by atoms with Crippen molar-refractivity contribution in [3.05, 3.63) is 29.8 Å². The van der Waals surface area contributed by atoms with E-state index in [-0.39, 0.29) is 0 Å². The summed E-state index contributed by atoms with van der Waals surface area (Å²) in [5.41, 5.74) is 7.32. The van der Waals surface area contributed by atoms with Crippen LogP contribution in [0.15, 0.2) is 24.3 Å². The monoisotopic (exact) mass is 178 g/mol. The molecule has 0 radical (unpaired) electrons. The minimum Gasteiger partial charge on any atom is -0.481 e. The Bertz CT molecular complexity index is 279. The molecule has 0 bridgehead atoms. The van der Waals surface area contributed by atoms with Crippen LogP contribution in [0.2, 0.25) is 0 Å². The number of nitrogens with two attached hydrogens (primary N) is 1. The van der Waals surface area contributed by atoms with Gasteiger partial charge in [-0.25, -0.2) is 0 Å². The van der Waals surface area contributed by atoms with Crippen LogP contribution in [0.4, 0.5) is 5.69 Å². The van der Waals surface area contributed by atoms with Crippen molar-refractivity contribution in [2.75, 3.05) is 12.3 Å². The summed E-state index contributed by atoms with van der Waals surface area (Å²) in [5.74, 6) is 0.298. The van der Waals surface area contributed by atoms with Gasteiger partial charge in [0, 0.05) is 12.1 Å². The zero-order chi connectivity index (χ0) is 9.68. The lowest BCUT2D eigenvalue weighted by molar-refractivity contribution is 0.317. The van der Waals surface area contributed by atoms with E-state index in [1.165, 1.54) is 0 Å². The molecule has 70 valence electrons. The van der Waals surface area contributed by atoms with Crippen molar-refractivity contribution in [2.45, 2.75) is 13.3 Å². The highest BCUT2D eigenvalue weighted by molar-refractivity contribution is 5.75. The Balaban J connectivity index is 2.54. The van der Waals surface area contributed by atoms with Crippen molar-refractivity contribution >= 4 is 11.6 Å². The average molecular weight is 178 g/mol. The van der Waals surface area contributed by atoms with Crippen molar-refractivity contribution in [3.63, 3.8) is 0 Å². The quantitative estimate of drug-likeness (QED) is 0.421. The van der Waals surface area contributed by atoms with Crippen LogP contribution in [0.5, 0.6) is 0 Å². The first-order valence-electron chi connectivity index (χ1n) is 4.27. The van der Waals surface area contributed by atoms with Gasteiger partial charge in [0.05, 0.1) is 6.61 Å². The fourth-order valence-corrected chi connectivity index (χ4v) is 1.05. The molecule has 0 saturated carbocycles. The molecule has 0 saturated heterocycles. The number of benzene rings is 1. The van der Waals surface area contributed by atoms with Crippen LogP contribution in [0, 0.1) is 5.41 Å². The van der Waals surface area contributed by atoms with Crippen LogP contribution >= 0.6 is 0 Å². The second kappa shape index (κ2) is 4.50. The molecule has 0 spiro atoms. The summed E-state index contributed by atoms with van der Waals surface area (Å²) in [6, 6.07) is 7.47. The van der Waals surface area contributed by atoms with Gasteiger partial charge in [-0.15, -0.1) is 0 Å². The molecule has 1 rings (SSSR count). The fourth-order valence-electron chi connectivity index (χ4n) is 1.05. The zero-order valence-corrected chi connectivity index (χ0v) is 7.71. The third kappa shape index (κ3) is 3.15. The number of anilines is 1. The van der Waals surface area contributed by atoms with Crippen molar-refractivity contribution in [1.82, 2.24) is 0 Å². The first-order chi connectivity index (χ1) is 6.22. The van der Waals surface area contributed by atoms with E-state index in [0.29, 0.717) is 18.9 Å².